The predicted octanol–water partition coefficient (Wildman–Crippen LogP) is 3.49. The maximum Gasteiger partial charge on any atom is -0.00489 e. The molecule has 2 aliphatic rings. The van der Waals surface area contributed by atoms with E-state index < -0.39 is 0 Å². The van der Waals surface area contributed by atoms with Gasteiger partial charge >= 0.3 is 0 Å². The van der Waals surface area contributed by atoms with Crippen molar-refractivity contribution in [1.82, 2.24) is 5.32 Å². The molecule has 2 rings (SSSR count). The second-order valence-electron chi connectivity index (χ2n) is 4.29. The summed E-state index contributed by atoms with van der Waals surface area (Å²) >= 11 is 0. The molecule has 1 saturated carbocycles. The maximum absolute atomic E-state index is 3.28. The molecule has 1 heteroatoms. The van der Waals surface area contributed by atoms with Crippen molar-refractivity contribution >= 4 is 0 Å². The highest BCUT2D eigenvalue weighted by Gasteiger charge is 1.95. The van der Waals surface area contributed by atoms with Gasteiger partial charge in [-0.2, -0.15) is 0 Å². The SMILES string of the molecule is C1CCCCCC1.C1CCNCC1. The first kappa shape index (κ1) is 11.0. The highest BCUT2D eigenvalue weighted by atomic mass is 14.9. The fraction of sp³-hybridized carbons (Fsp3) is 1.00. The van der Waals surface area contributed by atoms with Crippen LogP contribution in [0.5, 0.6) is 0 Å². The second-order valence-corrected chi connectivity index (χ2v) is 4.29. The maximum atomic E-state index is 3.28. The van der Waals surface area contributed by atoms with E-state index in [1.807, 2.05) is 0 Å². The van der Waals surface area contributed by atoms with Gasteiger partial charge in [-0.25, -0.2) is 0 Å². The molecule has 0 aromatic heterocycles. The molecule has 1 aliphatic heterocycles. The largest absolute Gasteiger partial charge is 0.317 e. The number of hydrogen-bond acceptors (Lipinski definition) is 1. The Kier molecular flexibility index (Phi) is 7.26. The van der Waals surface area contributed by atoms with E-state index in [0.717, 1.165) is 0 Å². The first-order valence-corrected chi connectivity index (χ1v) is 6.21. The van der Waals surface area contributed by atoms with Crippen LogP contribution in [-0.2, 0) is 0 Å². The molecule has 0 atom stereocenters. The first-order valence-electron chi connectivity index (χ1n) is 6.21. The number of nitrogens with one attached hydrogen (secondary N) is 1. The Hall–Kier alpha value is -0.0400. The van der Waals surface area contributed by atoms with E-state index in [0.29, 0.717) is 0 Å². The first-order chi connectivity index (χ1) is 6.50. The van der Waals surface area contributed by atoms with Crippen LogP contribution in [-0.4, -0.2) is 13.1 Å². The van der Waals surface area contributed by atoms with Gasteiger partial charge < -0.3 is 5.32 Å². The van der Waals surface area contributed by atoms with Crippen LogP contribution < -0.4 is 5.32 Å². The van der Waals surface area contributed by atoms with Crippen molar-refractivity contribution in [1.29, 1.82) is 0 Å². The van der Waals surface area contributed by atoms with Crippen LogP contribution in [0.2, 0.25) is 0 Å². The van der Waals surface area contributed by atoms with E-state index in [2.05, 4.69) is 5.32 Å². The Morgan fingerprint density at radius 3 is 0.846 bits per heavy atom. The van der Waals surface area contributed by atoms with Crippen LogP contribution in [0.1, 0.15) is 64.2 Å². The van der Waals surface area contributed by atoms with Gasteiger partial charge in [-0.05, 0) is 25.9 Å². The monoisotopic (exact) mass is 183 g/mol. The molecule has 1 nitrogen and oxygen atoms in total. The summed E-state index contributed by atoms with van der Waals surface area (Å²) in [6, 6.07) is 0. The minimum atomic E-state index is 1.25. The molecule has 1 aliphatic carbocycles. The number of hydrogen-bond donors (Lipinski definition) is 1. The third-order valence-corrected chi connectivity index (χ3v) is 2.96. The highest BCUT2D eigenvalue weighted by molar-refractivity contribution is 4.55. The van der Waals surface area contributed by atoms with Gasteiger partial charge in [0.05, 0.1) is 0 Å². The zero-order chi connectivity index (χ0) is 9.19. The van der Waals surface area contributed by atoms with Gasteiger partial charge in [0.1, 0.15) is 0 Å². The van der Waals surface area contributed by atoms with Gasteiger partial charge in [0.25, 0.3) is 0 Å². The Morgan fingerprint density at radius 1 is 0.385 bits per heavy atom. The summed E-state index contributed by atoms with van der Waals surface area (Å²) in [5.74, 6) is 0. The van der Waals surface area contributed by atoms with Crippen LogP contribution in [0.3, 0.4) is 0 Å². The van der Waals surface area contributed by atoms with Crippen molar-refractivity contribution in [2.24, 2.45) is 0 Å². The quantitative estimate of drug-likeness (QED) is 0.567. The lowest BCUT2D eigenvalue weighted by Gasteiger charge is -2.08. The molecular weight excluding hydrogens is 158 g/mol. The van der Waals surface area contributed by atoms with Crippen molar-refractivity contribution in [2.75, 3.05) is 13.1 Å². The number of rotatable bonds is 0. The summed E-state index contributed by atoms with van der Waals surface area (Å²) in [5, 5.41) is 3.28. The van der Waals surface area contributed by atoms with Gasteiger partial charge in [0.15, 0.2) is 0 Å². The van der Waals surface area contributed by atoms with Crippen LogP contribution in [0.4, 0.5) is 0 Å². The lowest BCUT2D eigenvalue weighted by Crippen LogP contribution is -2.21. The summed E-state index contributed by atoms with van der Waals surface area (Å²) in [7, 11) is 0. The molecule has 0 spiro atoms. The standard InChI is InChI=1S/C7H14.C5H11N/c1-2-4-6-7-5-3-1;1-2-4-6-5-3-1/h1-7H2;6H,1-5H2. The van der Waals surface area contributed by atoms with Crippen LogP contribution in [0.15, 0.2) is 0 Å². The summed E-state index contributed by atoms with van der Waals surface area (Å²) < 4.78 is 0. The Bertz CT molecular complexity index is 66.1. The molecule has 0 bridgehead atoms. The van der Waals surface area contributed by atoms with Gasteiger partial charge in [0, 0.05) is 0 Å². The molecule has 0 unspecified atom stereocenters. The van der Waals surface area contributed by atoms with Crippen LogP contribution >= 0.6 is 0 Å². The van der Waals surface area contributed by atoms with Crippen molar-refractivity contribution in [3.8, 4) is 0 Å². The van der Waals surface area contributed by atoms with E-state index in [1.54, 1.807) is 0 Å². The summed E-state index contributed by atoms with van der Waals surface area (Å²) in [4.78, 5) is 0. The summed E-state index contributed by atoms with van der Waals surface area (Å²) in [6.45, 7) is 2.50. The smallest absolute Gasteiger partial charge is 0.00489 e. The number of piperidine rings is 1. The van der Waals surface area contributed by atoms with Crippen molar-refractivity contribution in [3.63, 3.8) is 0 Å². The average Bonchev–Trinajstić information content (AvgIpc) is 2.53. The predicted molar refractivity (Wildman–Crippen MR) is 59.0 cm³/mol. The van der Waals surface area contributed by atoms with Gasteiger partial charge in [-0.15, -0.1) is 0 Å². The van der Waals surface area contributed by atoms with Crippen molar-refractivity contribution in [3.05, 3.63) is 0 Å². The Balaban J connectivity index is 0.000000132. The second kappa shape index (κ2) is 8.55. The Labute approximate surface area is 83.3 Å². The molecule has 0 amide bonds. The molecule has 78 valence electrons. The minimum Gasteiger partial charge on any atom is -0.317 e. The van der Waals surface area contributed by atoms with E-state index in [4.69, 9.17) is 0 Å². The molecule has 0 radical (unpaired) electrons. The lowest BCUT2D eigenvalue weighted by atomic mass is 10.2. The molecule has 1 N–H and O–H groups in total. The molecular formula is C12H25N. The zero-order valence-corrected chi connectivity index (χ0v) is 8.99. The molecule has 0 aromatic rings. The zero-order valence-electron chi connectivity index (χ0n) is 8.99. The van der Waals surface area contributed by atoms with Gasteiger partial charge in [-0.3, -0.25) is 0 Å². The normalized spacial score (nSPS) is 24.0. The third-order valence-electron chi connectivity index (χ3n) is 2.96. The van der Waals surface area contributed by atoms with Crippen molar-refractivity contribution < 1.29 is 0 Å². The van der Waals surface area contributed by atoms with E-state index in [1.165, 1.54) is 77.3 Å². The lowest BCUT2D eigenvalue weighted by molar-refractivity contribution is 0.520. The van der Waals surface area contributed by atoms with E-state index >= 15 is 0 Å². The summed E-state index contributed by atoms with van der Waals surface area (Å²) in [5.41, 5.74) is 0. The highest BCUT2D eigenvalue weighted by Crippen LogP contribution is 2.15. The average molecular weight is 183 g/mol. The fourth-order valence-electron chi connectivity index (χ4n) is 2.04. The van der Waals surface area contributed by atoms with Crippen molar-refractivity contribution in [2.45, 2.75) is 64.2 Å². The van der Waals surface area contributed by atoms with Crippen LogP contribution in [0.25, 0.3) is 0 Å². The Morgan fingerprint density at radius 2 is 0.692 bits per heavy atom. The van der Waals surface area contributed by atoms with Gasteiger partial charge in [0.2, 0.25) is 0 Å². The summed E-state index contributed by atoms with van der Waals surface area (Å²) in [6.07, 6.45) is 14.7. The molecule has 0 aromatic carbocycles. The van der Waals surface area contributed by atoms with Gasteiger partial charge in [-0.1, -0.05) is 51.4 Å². The topological polar surface area (TPSA) is 12.0 Å². The van der Waals surface area contributed by atoms with Crippen LogP contribution in [0, 0.1) is 0 Å². The van der Waals surface area contributed by atoms with E-state index in [9.17, 15) is 0 Å². The van der Waals surface area contributed by atoms with E-state index in [-0.39, 0.29) is 0 Å². The molecule has 2 fully saturated rings. The molecule has 1 heterocycles. The third kappa shape index (κ3) is 7.06. The molecule has 1 saturated heterocycles. The molecule has 13 heavy (non-hydrogen) atoms. The fourth-order valence-corrected chi connectivity index (χ4v) is 2.04. The minimum absolute atomic E-state index is 1.25.